The first kappa shape index (κ1) is 18.5. The molecule has 3 atom stereocenters. The highest BCUT2D eigenvalue weighted by molar-refractivity contribution is 5.98. The maximum Gasteiger partial charge on any atom is 0.272 e. The maximum atomic E-state index is 13.1. The number of aromatic nitrogens is 2. The minimum Gasteiger partial charge on any atom is -0.381 e. The lowest BCUT2D eigenvalue weighted by molar-refractivity contribution is -0.124. The molecule has 2 amide bonds. The van der Waals surface area contributed by atoms with Crippen LogP contribution in [0.4, 0.5) is 0 Å². The fourth-order valence-electron chi connectivity index (χ4n) is 4.56. The third-order valence-electron chi connectivity index (χ3n) is 6.19. The second-order valence-electron chi connectivity index (χ2n) is 9.19. The highest BCUT2D eigenvalue weighted by atomic mass is 16.5. The summed E-state index contributed by atoms with van der Waals surface area (Å²) in [5.41, 5.74) is 2.50. The van der Waals surface area contributed by atoms with Crippen LogP contribution in [0, 0.1) is 11.3 Å². The standard InChI is InChI=1S/C20H30N4O3/c1-20(2,3)17(19(26)21-4)22-18(25)15-14-10-11-9-13(11)16(14)24(23-15)12-5-7-27-8-6-12/h11-13,17H,5-10H2,1-4H3,(H,21,26)(H,22,25)/t11-,13-,17-/m1/s1. The van der Waals surface area contributed by atoms with Crippen LogP contribution in [-0.4, -0.2) is 47.9 Å². The molecule has 0 radical (unpaired) electrons. The number of likely N-dealkylation sites (N-methyl/N-ethyl adjacent to an activating group) is 1. The zero-order valence-electron chi connectivity index (χ0n) is 16.7. The van der Waals surface area contributed by atoms with E-state index < -0.39 is 6.04 Å². The monoisotopic (exact) mass is 374 g/mol. The third kappa shape index (κ3) is 3.26. The summed E-state index contributed by atoms with van der Waals surface area (Å²) in [6.07, 6.45) is 4.03. The van der Waals surface area contributed by atoms with Crippen molar-refractivity contribution in [1.29, 1.82) is 0 Å². The van der Waals surface area contributed by atoms with E-state index in [1.807, 2.05) is 20.8 Å². The summed E-state index contributed by atoms with van der Waals surface area (Å²) in [5.74, 6) is 0.823. The zero-order chi connectivity index (χ0) is 19.3. The second-order valence-corrected chi connectivity index (χ2v) is 9.19. The van der Waals surface area contributed by atoms with Crippen LogP contribution in [0.15, 0.2) is 0 Å². The molecule has 7 nitrogen and oxygen atoms in total. The van der Waals surface area contributed by atoms with Crippen molar-refractivity contribution in [1.82, 2.24) is 20.4 Å². The van der Waals surface area contributed by atoms with Gasteiger partial charge in [0.1, 0.15) is 6.04 Å². The molecule has 0 aromatic carbocycles. The Morgan fingerprint density at radius 2 is 1.96 bits per heavy atom. The number of carbonyl (C=O) groups excluding carboxylic acids is 2. The van der Waals surface area contributed by atoms with Gasteiger partial charge in [0.25, 0.3) is 5.91 Å². The van der Waals surface area contributed by atoms with Crippen molar-refractivity contribution in [2.24, 2.45) is 11.3 Å². The Bertz CT molecular complexity index is 758. The van der Waals surface area contributed by atoms with Gasteiger partial charge in [-0.1, -0.05) is 20.8 Å². The van der Waals surface area contributed by atoms with E-state index in [0.29, 0.717) is 23.6 Å². The third-order valence-corrected chi connectivity index (χ3v) is 6.19. The summed E-state index contributed by atoms with van der Waals surface area (Å²) in [4.78, 5) is 25.4. The topological polar surface area (TPSA) is 85.3 Å². The Morgan fingerprint density at radius 1 is 1.26 bits per heavy atom. The predicted molar refractivity (Wildman–Crippen MR) is 101 cm³/mol. The van der Waals surface area contributed by atoms with Crippen molar-refractivity contribution in [2.75, 3.05) is 20.3 Å². The summed E-state index contributed by atoms with van der Waals surface area (Å²) < 4.78 is 7.62. The maximum absolute atomic E-state index is 13.1. The predicted octanol–water partition coefficient (Wildman–Crippen LogP) is 1.78. The molecule has 0 unspecified atom stereocenters. The lowest BCUT2D eigenvalue weighted by Crippen LogP contribution is -2.53. The molecule has 27 heavy (non-hydrogen) atoms. The Hall–Kier alpha value is -1.89. The highest BCUT2D eigenvalue weighted by Gasteiger charge is 2.50. The van der Waals surface area contributed by atoms with Crippen LogP contribution in [0.1, 0.15) is 73.7 Å². The molecule has 1 aliphatic heterocycles. The van der Waals surface area contributed by atoms with E-state index in [9.17, 15) is 9.59 Å². The van der Waals surface area contributed by atoms with E-state index >= 15 is 0 Å². The second kappa shape index (κ2) is 6.62. The number of ether oxygens (including phenoxy) is 1. The SMILES string of the molecule is CNC(=O)[C@@H](NC(=O)c1nn(C2CCOCC2)c2c1C[C@H]1C[C@@H]21)C(C)(C)C. The van der Waals surface area contributed by atoms with Gasteiger partial charge in [-0.25, -0.2) is 0 Å². The summed E-state index contributed by atoms with van der Waals surface area (Å²) in [6.45, 7) is 7.35. The largest absolute Gasteiger partial charge is 0.381 e. The first-order valence-electron chi connectivity index (χ1n) is 10.0. The summed E-state index contributed by atoms with van der Waals surface area (Å²) in [6, 6.07) is -0.291. The Kier molecular flexibility index (Phi) is 4.53. The number of rotatable bonds is 4. The molecule has 2 heterocycles. The molecule has 4 rings (SSSR count). The van der Waals surface area contributed by atoms with Gasteiger partial charge in [0.05, 0.1) is 6.04 Å². The van der Waals surface area contributed by atoms with Gasteiger partial charge in [-0.2, -0.15) is 5.10 Å². The van der Waals surface area contributed by atoms with Gasteiger partial charge in [-0.05, 0) is 37.0 Å². The summed E-state index contributed by atoms with van der Waals surface area (Å²) in [7, 11) is 1.60. The van der Waals surface area contributed by atoms with Crippen LogP contribution in [-0.2, 0) is 16.0 Å². The van der Waals surface area contributed by atoms with Gasteiger partial charge >= 0.3 is 0 Å². The van der Waals surface area contributed by atoms with Crippen LogP contribution in [0.3, 0.4) is 0 Å². The van der Waals surface area contributed by atoms with Gasteiger partial charge in [0.15, 0.2) is 5.69 Å². The minimum absolute atomic E-state index is 0.181. The molecule has 0 bridgehead atoms. The molecule has 2 fully saturated rings. The highest BCUT2D eigenvalue weighted by Crippen LogP contribution is 2.57. The van der Waals surface area contributed by atoms with Crippen molar-refractivity contribution in [3.05, 3.63) is 17.0 Å². The Balaban J connectivity index is 1.63. The number of hydrogen-bond acceptors (Lipinski definition) is 4. The van der Waals surface area contributed by atoms with Gasteiger partial charge in [-0.3, -0.25) is 14.3 Å². The number of nitrogens with zero attached hydrogens (tertiary/aromatic N) is 2. The van der Waals surface area contributed by atoms with Crippen LogP contribution in [0.5, 0.6) is 0 Å². The van der Waals surface area contributed by atoms with Crippen LogP contribution in [0.2, 0.25) is 0 Å². The molecule has 7 heteroatoms. The van der Waals surface area contributed by atoms with E-state index in [1.165, 1.54) is 12.1 Å². The Morgan fingerprint density at radius 3 is 2.59 bits per heavy atom. The molecule has 1 saturated carbocycles. The van der Waals surface area contributed by atoms with E-state index in [4.69, 9.17) is 9.84 Å². The number of amides is 2. The molecule has 1 aromatic rings. The quantitative estimate of drug-likeness (QED) is 0.841. The molecule has 1 saturated heterocycles. The van der Waals surface area contributed by atoms with Crippen LogP contribution < -0.4 is 10.6 Å². The van der Waals surface area contributed by atoms with Crippen LogP contribution in [0.25, 0.3) is 0 Å². The van der Waals surface area contributed by atoms with Crippen LogP contribution >= 0.6 is 0 Å². The molecule has 2 N–H and O–H groups in total. The average molecular weight is 374 g/mol. The lowest BCUT2D eigenvalue weighted by Gasteiger charge is -2.29. The van der Waals surface area contributed by atoms with Gasteiger partial charge in [0, 0.05) is 37.4 Å². The molecule has 1 aromatic heterocycles. The van der Waals surface area contributed by atoms with E-state index in [0.717, 1.165) is 38.0 Å². The average Bonchev–Trinajstić information content (AvgIpc) is 3.14. The molecular formula is C20H30N4O3. The molecule has 3 aliphatic rings. The molecule has 148 valence electrons. The van der Waals surface area contributed by atoms with E-state index in [-0.39, 0.29) is 17.2 Å². The van der Waals surface area contributed by atoms with Gasteiger partial charge in [0.2, 0.25) is 5.91 Å². The first-order chi connectivity index (χ1) is 12.8. The number of carbonyl (C=O) groups is 2. The smallest absolute Gasteiger partial charge is 0.272 e. The zero-order valence-corrected chi connectivity index (χ0v) is 16.7. The van der Waals surface area contributed by atoms with Gasteiger partial charge in [-0.15, -0.1) is 0 Å². The number of fused-ring (bicyclic) bond motifs is 3. The van der Waals surface area contributed by atoms with Crippen molar-refractivity contribution < 1.29 is 14.3 Å². The fraction of sp³-hybridized carbons (Fsp3) is 0.750. The summed E-state index contributed by atoms with van der Waals surface area (Å²) in [5, 5.41) is 10.4. The first-order valence-corrected chi connectivity index (χ1v) is 10.0. The normalized spacial score (nSPS) is 25.5. The molecule has 0 spiro atoms. The fourth-order valence-corrected chi connectivity index (χ4v) is 4.56. The van der Waals surface area contributed by atoms with E-state index in [2.05, 4.69) is 15.3 Å². The van der Waals surface area contributed by atoms with Gasteiger partial charge < -0.3 is 15.4 Å². The van der Waals surface area contributed by atoms with Crippen molar-refractivity contribution >= 4 is 11.8 Å². The van der Waals surface area contributed by atoms with E-state index in [1.54, 1.807) is 7.05 Å². The Labute approximate surface area is 160 Å². The molecule has 2 aliphatic carbocycles. The number of hydrogen-bond donors (Lipinski definition) is 2. The van der Waals surface area contributed by atoms with Crippen molar-refractivity contribution in [2.45, 2.75) is 64.5 Å². The molecular weight excluding hydrogens is 344 g/mol. The minimum atomic E-state index is -0.602. The summed E-state index contributed by atoms with van der Waals surface area (Å²) >= 11 is 0. The lowest BCUT2D eigenvalue weighted by atomic mass is 9.86. The number of nitrogens with one attached hydrogen (secondary N) is 2. The van der Waals surface area contributed by atoms with Crippen molar-refractivity contribution in [3.8, 4) is 0 Å². The van der Waals surface area contributed by atoms with Crippen molar-refractivity contribution in [3.63, 3.8) is 0 Å².